The van der Waals surface area contributed by atoms with Gasteiger partial charge in [-0.1, -0.05) is 11.6 Å². The number of ether oxygens (including phenoxy) is 4. The van der Waals surface area contributed by atoms with Crippen LogP contribution in [0.2, 0.25) is 0 Å². The number of methoxy groups -OCH3 is 3. The lowest BCUT2D eigenvalue weighted by Gasteiger charge is -2.18. The fourth-order valence-corrected chi connectivity index (χ4v) is 3.31. The maximum absolute atomic E-state index is 12.2. The average molecular weight is 391 g/mol. The summed E-state index contributed by atoms with van der Waals surface area (Å²) in [6.07, 6.45) is 3.63. The van der Waals surface area contributed by atoms with E-state index >= 15 is 0 Å². The molecule has 0 saturated heterocycles. The normalized spacial score (nSPS) is 13.2. The van der Waals surface area contributed by atoms with Crippen LogP contribution in [0.3, 0.4) is 0 Å². The van der Waals surface area contributed by atoms with Crippen LogP contribution in [0.1, 0.15) is 46.8 Å². The summed E-state index contributed by atoms with van der Waals surface area (Å²) in [6.45, 7) is 5.15. The molecule has 0 atom stereocenters. The van der Waals surface area contributed by atoms with Gasteiger partial charge in [0.05, 0.1) is 20.8 Å². The molecule has 1 aromatic rings. The lowest BCUT2D eigenvalue weighted by atomic mass is 9.94. The van der Waals surface area contributed by atoms with Crippen LogP contribution in [-0.2, 0) is 27.3 Å². The molecule has 7 heteroatoms. The van der Waals surface area contributed by atoms with Crippen molar-refractivity contribution in [3.63, 3.8) is 0 Å². The summed E-state index contributed by atoms with van der Waals surface area (Å²) >= 11 is 0. The molecule has 2 rings (SSSR count). The summed E-state index contributed by atoms with van der Waals surface area (Å²) in [5.41, 5.74) is 4.08. The zero-order valence-corrected chi connectivity index (χ0v) is 17.3. The molecule has 0 spiro atoms. The van der Waals surface area contributed by atoms with Crippen molar-refractivity contribution in [2.24, 2.45) is 0 Å². The van der Waals surface area contributed by atoms with E-state index in [9.17, 15) is 9.59 Å². The number of hydrogen-bond donors (Lipinski definition) is 1. The standard InChI is InChI=1S/C21H29NO6/c1-13(7-9-17(23)22-10-11-25-3)6-8-15-19(26-4)14(2)16-12-28-21(24)18(16)20(15)27-5/h6H,7-12H2,1-5H3,(H,22,23)/b13-6+. The topological polar surface area (TPSA) is 83.1 Å². The number of carbonyl (C=O) groups excluding carboxylic acids is 2. The Kier molecular flexibility index (Phi) is 7.87. The molecule has 28 heavy (non-hydrogen) atoms. The zero-order valence-electron chi connectivity index (χ0n) is 17.3. The van der Waals surface area contributed by atoms with Gasteiger partial charge in [-0.15, -0.1) is 0 Å². The Labute approximate surface area is 166 Å². The Balaban J connectivity index is 2.16. The lowest BCUT2D eigenvalue weighted by Crippen LogP contribution is -2.26. The van der Waals surface area contributed by atoms with E-state index in [4.69, 9.17) is 18.9 Å². The number of esters is 1. The maximum Gasteiger partial charge on any atom is 0.342 e. The summed E-state index contributed by atoms with van der Waals surface area (Å²) < 4.78 is 21.3. The third-order valence-corrected chi connectivity index (χ3v) is 4.86. The van der Waals surface area contributed by atoms with Crippen LogP contribution in [0, 0.1) is 6.92 Å². The highest BCUT2D eigenvalue weighted by Crippen LogP contribution is 2.42. The van der Waals surface area contributed by atoms with Crippen LogP contribution in [0.15, 0.2) is 11.6 Å². The maximum atomic E-state index is 12.2. The highest BCUT2D eigenvalue weighted by atomic mass is 16.5. The lowest BCUT2D eigenvalue weighted by molar-refractivity contribution is -0.121. The predicted molar refractivity (Wildman–Crippen MR) is 105 cm³/mol. The molecule has 154 valence electrons. The molecule has 1 heterocycles. The van der Waals surface area contributed by atoms with Crippen LogP contribution < -0.4 is 14.8 Å². The molecule has 0 fully saturated rings. The second-order valence-corrected chi connectivity index (χ2v) is 6.70. The van der Waals surface area contributed by atoms with Crippen molar-refractivity contribution in [3.05, 3.63) is 33.9 Å². The van der Waals surface area contributed by atoms with Crippen LogP contribution in [0.4, 0.5) is 0 Å². The highest BCUT2D eigenvalue weighted by molar-refractivity contribution is 5.98. The molecule has 0 bridgehead atoms. The summed E-state index contributed by atoms with van der Waals surface area (Å²) in [6, 6.07) is 0. The van der Waals surface area contributed by atoms with Crippen LogP contribution in [0.5, 0.6) is 11.5 Å². The molecule has 1 amide bonds. The number of cyclic esters (lactones) is 1. The van der Waals surface area contributed by atoms with Crippen molar-refractivity contribution < 1.29 is 28.5 Å². The number of amides is 1. The van der Waals surface area contributed by atoms with Gasteiger partial charge < -0.3 is 24.3 Å². The number of nitrogens with one attached hydrogen (secondary N) is 1. The first-order valence-corrected chi connectivity index (χ1v) is 9.29. The summed E-state index contributed by atoms with van der Waals surface area (Å²) in [5, 5.41) is 2.81. The minimum atomic E-state index is -0.368. The number of allylic oxidation sites excluding steroid dienone is 2. The first-order chi connectivity index (χ1) is 13.4. The molecule has 1 N–H and O–H groups in total. The summed E-state index contributed by atoms with van der Waals surface area (Å²) in [4.78, 5) is 24.0. The van der Waals surface area contributed by atoms with Crippen molar-refractivity contribution in [1.82, 2.24) is 5.32 Å². The zero-order chi connectivity index (χ0) is 20.7. The van der Waals surface area contributed by atoms with E-state index in [0.717, 1.165) is 22.3 Å². The first kappa shape index (κ1) is 21.8. The van der Waals surface area contributed by atoms with E-state index in [1.807, 2.05) is 19.9 Å². The predicted octanol–water partition coefficient (Wildman–Crippen LogP) is 2.71. The molecule has 0 saturated carbocycles. The minimum Gasteiger partial charge on any atom is -0.496 e. The Morgan fingerprint density at radius 1 is 1.18 bits per heavy atom. The SMILES string of the molecule is COCCNC(=O)CC/C(C)=C/Cc1c(OC)c(C)c2c(c1OC)C(=O)OC2. The Morgan fingerprint density at radius 3 is 2.54 bits per heavy atom. The van der Waals surface area contributed by atoms with Gasteiger partial charge in [0.15, 0.2) is 0 Å². The number of rotatable bonds is 10. The smallest absolute Gasteiger partial charge is 0.342 e. The van der Waals surface area contributed by atoms with Crippen molar-refractivity contribution >= 4 is 11.9 Å². The Bertz CT molecular complexity index is 769. The van der Waals surface area contributed by atoms with E-state index < -0.39 is 0 Å². The Morgan fingerprint density at radius 2 is 1.89 bits per heavy atom. The average Bonchev–Trinajstić information content (AvgIpc) is 3.07. The molecule has 0 radical (unpaired) electrons. The fourth-order valence-electron chi connectivity index (χ4n) is 3.31. The van der Waals surface area contributed by atoms with Gasteiger partial charge in [0, 0.05) is 31.2 Å². The second kappa shape index (κ2) is 10.1. The van der Waals surface area contributed by atoms with Gasteiger partial charge in [0.25, 0.3) is 0 Å². The molecular formula is C21H29NO6. The molecular weight excluding hydrogens is 362 g/mol. The highest BCUT2D eigenvalue weighted by Gasteiger charge is 2.32. The van der Waals surface area contributed by atoms with Gasteiger partial charge >= 0.3 is 5.97 Å². The van der Waals surface area contributed by atoms with Gasteiger partial charge in [0.1, 0.15) is 23.7 Å². The van der Waals surface area contributed by atoms with Crippen LogP contribution in [0.25, 0.3) is 0 Å². The largest absolute Gasteiger partial charge is 0.496 e. The summed E-state index contributed by atoms with van der Waals surface area (Å²) in [7, 11) is 4.75. The van der Waals surface area contributed by atoms with Crippen molar-refractivity contribution in [2.75, 3.05) is 34.5 Å². The monoisotopic (exact) mass is 391 g/mol. The molecule has 0 unspecified atom stereocenters. The van der Waals surface area contributed by atoms with E-state index in [0.29, 0.717) is 49.5 Å². The number of hydrogen-bond acceptors (Lipinski definition) is 6. The quantitative estimate of drug-likeness (QED) is 0.375. The van der Waals surface area contributed by atoms with Crippen molar-refractivity contribution in [3.8, 4) is 11.5 Å². The molecule has 1 aliphatic rings. The van der Waals surface area contributed by atoms with Gasteiger partial charge in [-0.3, -0.25) is 4.79 Å². The van der Waals surface area contributed by atoms with E-state index in [2.05, 4.69) is 5.32 Å². The summed E-state index contributed by atoms with van der Waals surface area (Å²) in [5.74, 6) is 0.833. The van der Waals surface area contributed by atoms with Crippen molar-refractivity contribution in [2.45, 2.75) is 39.7 Å². The van der Waals surface area contributed by atoms with E-state index in [1.165, 1.54) is 0 Å². The second-order valence-electron chi connectivity index (χ2n) is 6.70. The third kappa shape index (κ3) is 4.84. The molecule has 1 aromatic carbocycles. The molecule has 0 aliphatic carbocycles. The van der Waals surface area contributed by atoms with E-state index in [1.54, 1.807) is 21.3 Å². The molecule has 1 aliphatic heterocycles. The number of fused-ring (bicyclic) bond motifs is 1. The van der Waals surface area contributed by atoms with Gasteiger partial charge in [-0.2, -0.15) is 0 Å². The third-order valence-electron chi connectivity index (χ3n) is 4.86. The van der Waals surface area contributed by atoms with Crippen LogP contribution in [-0.4, -0.2) is 46.4 Å². The van der Waals surface area contributed by atoms with E-state index in [-0.39, 0.29) is 18.5 Å². The number of carbonyl (C=O) groups is 2. The Hall–Kier alpha value is -2.54. The number of benzene rings is 1. The van der Waals surface area contributed by atoms with Crippen LogP contribution >= 0.6 is 0 Å². The van der Waals surface area contributed by atoms with Crippen molar-refractivity contribution in [1.29, 1.82) is 0 Å². The first-order valence-electron chi connectivity index (χ1n) is 9.29. The molecule has 7 nitrogen and oxygen atoms in total. The fraction of sp³-hybridized carbons (Fsp3) is 0.524. The van der Waals surface area contributed by atoms with Gasteiger partial charge in [-0.05, 0) is 32.3 Å². The molecule has 0 aromatic heterocycles. The van der Waals surface area contributed by atoms with Gasteiger partial charge in [0.2, 0.25) is 5.91 Å². The van der Waals surface area contributed by atoms with Gasteiger partial charge in [-0.25, -0.2) is 4.79 Å². The minimum absolute atomic E-state index is 0.00363.